The van der Waals surface area contributed by atoms with Crippen LogP contribution < -0.4 is 4.74 Å². The van der Waals surface area contributed by atoms with Gasteiger partial charge in [0.25, 0.3) is 0 Å². The van der Waals surface area contributed by atoms with Crippen LogP contribution in [0.3, 0.4) is 0 Å². The molecule has 0 saturated heterocycles. The fourth-order valence-corrected chi connectivity index (χ4v) is 2.63. The van der Waals surface area contributed by atoms with Gasteiger partial charge in [0.2, 0.25) is 0 Å². The van der Waals surface area contributed by atoms with Gasteiger partial charge in [-0.25, -0.2) is 0 Å². The summed E-state index contributed by atoms with van der Waals surface area (Å²) in [5, 5.41) is 9.55. The summed E-state index contributed by atoms with van der Waals surface area (Å²) >= 11 is 0. The van der Waals surface area contributed by atoms with E-state index in [1.807, 2.05) is 6.08 Å². The van der Waals surface area contributed by atoms with Crippen molar-refractivity contribution < 1.29 is 19.4 Å². The second kappa shape index (κ2) is 13.9. The molecule has 0 amide bonds. The molecule has 0 saturated carbocycles. The van der Waals surface area contributed by atoms with Crippen molar-refractivity contribution in [1.82, 2.24) is 0 Å². The summed E-state index contributed by atoms with van der Waals surface area (Å²) in [5.41, 5.74) is 0.879. The molecule has 0 unspecified atom stereocenters. The summed E-state index contributed by atoms with van der Waals surface area (Å²) in [7, 11) is 1.51. The molecule has 0 atom stereocenters. The summed E-state index contributed by atoms with van der Waals surface area (Å²) < 4.78 is 10.3. The molecule has 0 bridgehead atoms. The van der Waals surface area contributed by atoms with E-state index in [1.54, 1.807) is 24.3 Å². The Morgan fingerprint density at radius 2 is 1.85 bits per heavy atom. The second-order valence-corrected chi connectivity index (χ2v) is 7.00. The number of allylic oxidation sites excluding steroid dienone is 2. The first-order valence-electron chi connectivity index (χ1n) is 9.88. The van der Waals surface area contributed by atoms with Gasteiger partial charge in [0.15, 0.2) is 11.5 Å². The van der Waals surface area contributed by atoms with Gasteiger partial charge < -0.3 is 14.6 Å². The van der Waals surface area contributed by atoms with Crippen LogP contribution in [-0.4, -0.2) is 24.8 Å². The van der Waals surface area contributed by atoms with Crippen molar-refractivity contribution >= 4 is 12.0 Å². The molecule has 0 aliphatic heterocycles. The van der Waals surface area contributed by atoms with Crippen molar-refractivity contribution in [1.29, 1.82) is 0 Å². The highest BCUT2D eigenvalue weighted by atomic mass is 16.5. The summed E-state index contributed by atoms with van der Waals surface area (Å²) in [5.74, 6) is 1.01. The standard InChI is InChI=1S/C23H34O4/c1-19(2)12-9-7-5-4-6-8-10-14-23(25)27-17-11-13-20-15-16-21(24)22(18-20)26-3/h9,11-13,15-16,18-19,24H,4-8,10,14,17H2,1-3H3/b12-9+,13-11+. The smallest absolute Gasteiger partial charge is 0.306 e. The molecule has 150 valence electrons. The fraction of sp³-hybridized carbons (Fsp3) is 0.522. The zero-order valence-corrected chi connectivity index (χ0v) is 16.9. The van der Waals surface area contributed by atoms with Crippen molar-refractivity contribution in [3.05, 3.63) is 42.0 Å². The molecule has 4 heteroatoms. The number of esters is 1. The van der Waals surface area contributed by atoms with E-state index in [0.717, 1.165) is 24.8 Å². The number of hydrogen-bond donors (Lipinski definition) is 1. The SMILES string of the molecule is COc1cc(/C=C/COC(=O)CCCCCCC/C=C/C(C)C)ccc1O. The second-order valence-electron chi connectivity index (χ2n) is 7.00. The Kier molecular flexibility index (Phi) is 11.7. The van der Waals surface area contributed by atoms with Crippen LogP contribution in [0.2, 0.25) is 0 Å². The van der Waals surface area contributed by atoms with Crippen molar-refractivity contribution in [2.45, 2.75) is 58.8 Å². The highest BCUT2D eigenvalue weighted by Gasteiger charge is 2.02. The number of unbranched alkanes of at least 4 members (excludes halogenated alkanes) is 5. The fourth-order valence-electron chi connectivity index (χ4n) is 2.63. The van der Waals surface area contributed by atoms with E-state index in [4.69, 9.17) is 9.47 Å². The van der Waals surface area contributed by atoms with Crippen LogP contribution >= 0.6 is 0 Å². The number of carbonyl (C=O) groups excluding carboxylic acids is 1. The van der Waals surface area contributed by atoms with Crippen LogP contribution in [0.1, 0.15) is 64.4 Å². The number of rotatable bonds is 13. The van der Waals surface area contributed by atoms with Crippen LogP contribution in [0.15, 0.2) is 36.4 Å². The Morgan fingerprint density at radius 1 is 1.11 bits per heavy atom. The predicted octanol–water partition coefficient (Wildman–Crippen LogP) is 5.90. The van der Waals surface area contributed by atoms with Gasteiger partial charge in [0.05, 0.1) is 7.11 Å². The molecule has 0 aromatic heterocycles. The van der Waals surface area contributed by atoms with Crippen LogP contribution in [0.4, 0.5) is 0 Å². The lowest BCUT2D eigenvalue weighted by Gasteiger charge is -2.04. The topological polar surface area (TPSA) is 55.8 Å². The van der Waals surface area contributed by atoms with Crippen molar-refractivity contribution in [3.8, 4) is 11.5 Å². The Morgan fingerprint density at radius 3 is 2.59 bits per heavy atom. The minimum Gasteiger partial charge on any atom is -0.504 e. The van der Waals surface area contributed by atoms with Gasteiger partial charge in [-0.3, -0.25) is 4.79 Å². The lowest BCUT2D eigenvalue weighted by Crippen LogP contribution is -2.03. The first kappa shape index (κ1) is 22.8. The Hall–Kier alpha value is -2.23. The number of phenols is 1. The van der Waals surface area contributed by atoms with Gasteiger partial charge in [-0.05, 0) is 49.0 Å². The molecule has 0 radical (unpaired) electrons. The summed E-state index contributed by atoms with van der Waals surface area (Å²) in [6.45, 7) is 4.63. The lowest BCUT2D eigenvalue weighted by atomic mass is 10.1. The predicted molar refractivity (Wildman–Crippen MR) is 111 cm³/mol. The Bertz CT molecular complexity index is 602. The minimum atomic E-state index is -0.150. The number of hydrogen-bond acceptors (Lipinski definition) is 4. The number of phenolic OH excluding ortho intramolecular Hbond substituents is 1. The number of carbonyl (C=O) groups is 1. The van der Waals surface area contributed by atoms with E-state index in [9.17, 15) is 9.90 Å². The van der Waals surface area contributed by atoms with Gasteiger partial charge in [-0.15, -0.1) is 0 Å². The van der Waals surface area contributed by atoms with E-state index in [0.29, 0.717) is 18.1 Å². The molecule has 1 aromatic rings. The van der Waals surface area contributed by atoms with Crippen molar-refractivity contribution in [2.75, 3.05) is 13.7 Å². The molecular weight excluding hydrogens is 340 g/mol. The lowest BCUT2D eigenvalue weighted by molar-refractivity contribution is -0.142. The van der Waals surface area contributed by atoms with Crippen LogP contribution in [0.5, 0.6) is 11.5 Å². The molecule has 0 aliphatic carbocycles. The first-order valence-corrected chi connectivity index (χ1v) is 9.88. The molecule has 1 rings (SSSR count). The van der Waals surface area contributed by atoms with Gasteiger partial charge in [0.1, 0.15) is 6.61 Å². The van der Waals surface area contributed by atoms with Crippen molar-refractivity contribution in [3.63, 3.8) is 0 Å². The summed E-state index contributed by atoms with van der Waals surface area (Å²) in [6.07, 6.45) is 15.4. The number of ether oxygens (including phenoxy) is 2. The number of aromatic hydroxyl groups is 1. The molecule has 1 aromatic carbocycles. The molecule has 0 spiro atoms. The van der Waals surface area contributed by atoms with E-state index < -0.39 is 0 Å². The van der Waals surface area contributed by atoms with Crippen LogP contribution in [0, 0.1) is 5.92 Å². The third kappa shape index (κ3) is 11.2. The number of methoxy groups -OCH3 is 1. The maximum absolute atomic E-state index is 11.7. The summed E-state index contributed by atoms with van der Waals surface area (Å²) in [6, 6.07) is 5.08. The monoisotopic (exact) mass is 374 g/mol. The maximum atomic E-state index is 11.7. The zero-order chi connectivity index (χ0) is 19.9. The summed E-state index contributed by atoms with van der Waals surface area (Å²) in [4.78, 5) is 11.7. The molecule has 27 heavy (non-hydrogen) atoms. The quantitative estimate of drug-likeness (QED) is 0.265. The number of benzene rings is 1. The van der Waals surface area contributed by atoms with E-state index >= 15 is 0 Å². The van der Waals surface area contributed by atoms with Gasteiger partial charge in [-0.1, -0.05) is 57.4 Å². The molecular formula is C23H34O4. The molecule has 0 fully saturated rings. The first-order chi connectivity index (χ1) is 13.0. The Balaban J connectivity index is 2.07. The van der Waals surface area contributed by atoms with E-state index in [1.165, 1.54) is 26.4 Å². The van der Waals surface area contributed by atoms with Gasteiger partial charge in [0, 0.05) is 6.42 Å². The van der Waals surface area contributed by atoms with E-state index in [2.05, 4.69) is 26.0 Å². The van der Waals surface area contributed by atoms with Gasteiger partial charge >= 0.3 is 5.97 Å². The largest absolute Gasteiger partial charge is 0.504 e. The normalized spacial score (nSPS) is 11.6. The maximum Gasteiger partial charge on any atom is 0.306 e. The van der Waals surface area contributed by atoms with E-state index in [-0.39, 0.29) is 18.3 Å². The minimum absolute atomic E-state index is 0.105. The average molecular weight is 375 g/mol. The van der Waals surface area contributed by atoms with Gasteiger partial charge in [-0.2, -0.15) is 0 Å². The highest BCUT2D eigenvalue weighted by molar-refractivity contribution is 5.69. The Labute approximate surface area is 163 Å². The molecule has 0 heterocycles. The third-order valence-corrected chi connectivity index (χ3v) is 4.13. The average Bonchev–Trinajstić information content (AvgIpc) is 2.64. The zero-order valence-electron chi connectivity index (χ0n) is 16.9. The van der Waals surface area contributed by atoms with Crippen LogP contribution in [0.25, 0.3) is 6.08 Å². The third-order valence-electron chi connectivity index (χ3n) is 4.13. The highest BCUT2D eigenvalue weighted by Crippen LogP contribution is 2.26. The molecule has 4 nitrogen and oxygen atoms in total. The van der Waals surface area contributed by atoms with Crippen LogP contribution in [-0.2, 0) is 9.53 Å². The molecule has 1 N–H and O–H groups in total. The molecule has 0 aliphatic rings. The van der Waals surface area contributed by atoms with Crippen molar-refractivity contribution in [2.24, 2.45) is 5.92 Å².